The summed E-state index contributed by atoms with van der Waals surface area (Å²) in [7, 11) is 0. The predicted octanol–water partition coefficient (Wildman–Crippen LogP) is 3.00. The molecule has 1 fully saturated rings. The smallest absolute Gasteiger partial charge is 0.298 e. The van der Waals surface area contributed by atoms with Crippen LogP contribution in [0, 0.1) is 5.92 Å². The van der Waals surface area contributed by atoms with Crippen molar-refractivity contribution in [3.05, 3.63) is 41.2 Å². The molecule has 3 heterocycles. The van der Waals surface area contributed by atoms with E-state index in [9.17, 15) is 4.79 Å². The van der Waals surface area contributed by atoms with E-state index in [1.807, 2.05) is 4.90 Å². The number of aromatic nitrogens is 2. The largest absolute Gasteiger partial charge is 0.423 e. The first kappa shape index (κ1) is 16.0. The molecule has 0 spiro atoms. The zero-order valence-corrected chi connectivity index (χ0v) is 14.2. The van der Waals surface area contributed by atoms with Crippen molar-refractivity contribution >= 4 is 34.6 Å². The molecule has 8 heteroatoms. The number of amides is 1. The van der Waals surface area contributed by atoms with Crippen molar-refractivity contribution in [1.29, 1.82) is 0 Å². The van der Waals surface area contributed by atoms with Crippen LogP contribution in [0.2, 0.25) is 5.02 Å². The van der Waals surface area contributed by atoms with Gasteiger partial charge in [-0.3, -0.25) is 4.79 Å². The summed E-state index contributed by atoms with van der Waals surface area (Å²) in [5.41, 5.74) is 2.12. The Morgan fingerprint density at radius 2 is 2.32 bits per heavy atom. The summed E-state index contributed by atoms with van der Waals surface area (Å²) in [4.78, 5) is 18.9. The fourth-order valence-corrected chi connectivity index (χ4v) is 3.21. The first-order valence-electron chi connectivity index (χ1n) is 8.17. The highest BCUT2D eigenvalue weighted by Gasteiger charge is 2.28. The van der Waals surface area contributed by atoms with Crippen LogP contribution in [0.5, 0.6) is 0 Å². The molecule has 130 valence electrons. The minimum Gasteiger partial charge on any atom is -0.423 e. The van der Waals surface area contributed by atoms with Gasteiger partial charge < -0.3 is 19.2 Å². The van der Waals surface area contributed by atoms with Crippen molar-refractivity contribution in [2.24, 2.45) is 5.92 Å². The number of rotatable bonds is 4. The normalized spacial score (nSPS) is 17.8. The van der Waals surface area contributed by atoms with Gasteiger partial charge in [-0.15, -0.1) is 0 Å². The van der Waals surface area contributed by atoms with Gasteiger partial charge in [0.2, 0.25) is 5.91 Å². The van der Waals surface area contributed by atoms with E-state index in [4.69, 9.17) is 20.5 Å². The van der Waals surface area contributed by atoms with E-state index < -0.39 is 0 Å². The molecule has 7 nitrogen and oxygen atoms in total. The first-order chi connectivity index (χ1) is 12.2. The van der Waals surface area contributed by atoms with Crippen LogP contribution in [-0.2, 0) is 11.3 Å². The average Bonchev–Trinajstić information content (AvgIpc) is 3.28. The van der Waals surface area contributed by atoms with Gasteiger partial charge in [0.05, 0.1) is 12.5 Å². The van der Waals surface area contributed by atoms with Crippen LogP contribution < -0.4 is 10.2 Å². The average molecular weight is 361 g/mol. The summed E-state index contributed by atoms with van der Waals surface area (Å²) < 4.78 is 10.6. The zero-order valence-electron chi connectivity index (χ0n) is 13.4. The number of nitrogens with one attached hydrogen (secondary N) is 1. The maximum absolute atomic E-state index is 12.4. The summed E-state index contributed by atoms with van der Waals surface area (Å²) in [5, 5.41) is 7.32. The fourth-order valence-electron chi connectivity index (χ4n) is 3.04. The number of anilines is 1. The number of fused-ring (bicyclic) bond motifs is 1. The quantitative estimate of drug-likeness (QED) is 0.770. The van der Waals surface area contributed by atoms with Crippen molar-refractivity contribution in [3.8, 4) is 0 Å². The molecule has 0 aliphatic carbocycles. The van der Waals surface area contributed by atoms with Crippen LogP contribution in [0.3, 0.4) is 0 Å². The molecule has 1 atom stereocenters. The van der Waals surface area contributed by atoms with E-state index in [1.54, 1.807) is 24.3 Å². The van der Waals surface area contributed by atoms with E-state index in [2.05, 4.69) is 15.5 Å². The SMILES string of the molecule is O=C(NCc1ccon1)C1CCCN(c2nc3cc(Cl)ccc3o2)C1. The molecular weight excluding hydrogens is 344 g/mol. The Labute approximate surface area is 148 Å². The number of hydrogen-bond acceptors (Lipinski definition) is 6. The van der Waals surface area contributed by atoms with Crippen molar-refractivity contribution in [2.75, 3.05) is 18.0 Å². The standard InChI is InChI=1S/C17H17ClN4O3/c18-12-3-4-15-14(8-12)20-17(25-15)22-6-1-2-11(10-22)16(23)19-9-13-5-7-24-21-13/h3-5,7-8,11H,1-2,6,9-10H2,(H,19,23). The molecular formula is C17H17ClN4O3. The van der Waals surface area contributed by atoms with E-state index in [1.165, 1.54) is 6.26 Å². The topological polar surface area (TPSA) is 84.4 Å². The minimum absolute atomic E-state index is 0.00635. The molecule has 0 bridgehead atoms. The van der Waals surface area contributed by atoms with E-state index >= 15 is 0 Å². The van der Waals surface area contributed by atoms with E-state index in [0.717, 1.165) is 24.9 Å². The van der Waals surface area contributed by atoms with Crippen LogP contribution in [0.4, 0.5) is 6.01 Å². The monoisotopic (exact) mass is 360 g/mol. The maximum atomic E-state index is 12.4. The molecule has 1 unspecified atom stereocenters. The summed E-state index contributed by atoms with van der Waals surface area (Å²) in [6.45, 7) is 1.76. The van der Waals surface area contributed by atoms with Gasteiger partial charge >= 0.3 is 0 Å². The Hall–Kier alpha value is -2.54. The third kappa shape index (κ3) is 3.46. The van der Waals surface area contributed by atoms with Gasteiger partial charge in [0, 0.05) is 24.2 Å². The third-order valence-electron chi connectivity index (χ3n) is 4.34. The van der Waals surface area contributed by atoms with Gasteiger partial charge in [0.25, 0.3) is 6.01 Å². The third-order valence-corrected chi connectivity index (χ3v) is 4.57. The number of halogens is 1. The molecule has 25 heavy (non-hydrogen) atoms. The highest BCUT2D eigenvalue weighted by Crippen LogP contribution is 2.28. The molecule has 1 amide bonds. The minimum atomic E-state index is -0.112. The molecule has 1 aromatic carbocycles. The molecule has 1 aliphatic rings. The van der Waals surface area contributed by atoms with Crippen LogP contribution >= 0.6 is 11.6 Å². The highest BCUT2D eigenvalue weighted by atomic mass is 35.5. The van der Waals surface area contributed by atoms with Gasteiger partial charge in [0.1, 0.15) is 17.5 Å². The van der Waals surface area contributed by atoms with Crippen LogP contribution in [0.15, 0.2) is 39.5 Å². The molecule has 1 N–H and O–H groups in total. The number of hydrogen-bond donors (Lipinski definition) is 1. The summed E-state index contributed by atoms with van der Waals surface area (Å²) in [6.07, 6.45) is 3.23. The number of carbonyl (C=O) groups is 1. The number of nitrogens with zero attached hydrogens (tertiary/aromatic N) is 3. The fraction of sp³-hybridized carbons (Fsp3) is 0.353. The molecule has 0 radical (unpaired) electrons. The lowest BCUT2D eigenvalue weighted by Crippen LogP contribution is -2.43. The van der Waals surface area contributed by atoms with Crippen molar-refractivity contribution in [2.45, 2.75) is 19.4 Å². The second-order valence-electron chi connectivity index (χ2n) is 6.10. The molecule has 3 aromatic rings. The van der Waals surface area contributed by atoms with Crippen LogP contribution in [0.1, 0.15) is 18.5 Å². The van der Waals surface area contributed by atoms with E-state index in [0.29, 0.717) is 35.4 Å². The Morgan fingerprint density at radius 3 is 3.16 bits per heavy atom. The number of benzene rings is 1. The Morgan fingerprint density at radius 1 is 1.40 bits per heavy atom. The molecule has 2 aromatic heterocycles. The van der Waals surface area contributed by atoms with Gasteiger partial charge in [-0.2, -0.15) is 4.98 Å². The summed E-state index contributed by atoms with van der Waals surface area (Å²) in [6, 6.07) is 7.62. The van der Waals surface area contributed by atoms with E-state index in [-0.39, 0.29) is 11.8 Å². The lowest BCUT2D eigenvalue weighted by molar-refractivity contribution is -0.125. The molecule has 4 rings (SSSR count). The summed E-state index contributed by atoms with van der Waals surface area (Å²) >= 11 is 6.00. The first-order valence-corrected chi connectivity index (χ1v) is 8.55. The van der Waals surface area contributed by atoms with Gasteiger partial charge in [-0.1, -0.05) is 16.8 Å². The Balaban J connectivity index is 1.43. The van der Waals surface area contributed by atoms with Crippen molar-refractivity contribution in [1.82, 2.24) is 15.5 Å². The second kappa shape index (κ2) is 6.76. The zero-order chi connectivity index (χ0) is 17.2. The lowest BCUT2D eigenvalue weighted by Gasteiger charge is -2.30. The Kier molecular flexibility index (Phi) is 4.31. The van der Waals surface area contributed by atoms with Gasteiger partial charge in [0.15, 0.2) is 5.58 Å². The van der Waals surface area contributed by atoms with Crippen LogP contribution in [-0.4, -0.2) is 29.1 Å². The lowest BCUT2D eigenvalue weighted by atomic mass is 9.97. The van der Waals surface area contributed by atoms with Crippen molar-refractivity contribution < 1.29 is 13.7 Å². The number of piperidine rings is 1. The molecule has 0 saturated carbocycles. The second-order valence-corrected chi connectivity index (χ2v) is 6.54. The highest BCUT2D eigenvalue weighted by molar-refractivity contribution is 6.31. The predicted molar refractivity (Wildman–Crippen MR) is 92.3 cm³/mol. The van der Waals surface area contributed by atoms with Crippen molar-refractivity contribution in [3.63, 3.8) is 0 Å². The van der Waals surface area contributed by atoms with Crippen LogP contribution in [0.25, 0.3) is 11.1 Å². The van der Waals surface area contributed by atoms with Gasteiger partial charge in [-0.05, 0) is 31.0 Å². The van der Waals surface area contributed by atoms with Gasteiger partial charge in [-0.25, -0.2) is 0 Å². The number of oxazole rings is 1. The molecule has 1 aliphatic heterocycles. The molecule has 1 saturated heterocycles. The maximum Gasteiger partial charge on any atom is 0.298 e. The Bertz CT molecular complexity index is 877. The number of carbonyl (C=O) groups excluding carboxylic acids is 1. The summed E-state index contributed by atoms with van der Waals surface area (Å²) in [5.74, 6) is -0.105.